The van der Waals surface area contributed by atoms with Gasteiger partial charge in [0.05, 0.1) is 5.52 Å². The van der Waals surface area contributed by atoms with Gasteiger partial charge in [0.25, 0.3) is 0 Å². The second kappa shape index (κ2) is 4.81. The van der Waals surface area contributed by atoms with Crippen molar-refractivity contribution >= 4 is 16.8 Å². The molecule has 1 heterocycles. The van der Waals surface area contributed by atoms with Crippen molar-refractivity contribution in [2.24, 2.45) is 5.73 Å². The van der Waals surface area contributed by atoms with E-state index in [-0.39, 0.29) is 0 Å². The molecule has 20 heavy (non-hydrogen) atoms. The number of H-pyrrole nitrogens is 1. The molecule has 0 unspecified atom stereocenters. The lowest BCUT2D eigenvalue weighted by atomic mass is 10.0. The Kier molecular flexibility index (Phi) is 2.99. The van der Waals surface area contributed by atoms with Crippen LogP contribution in [0.1, 0.15) is 27.2 Å². The predicted octanol–water partition coefficient (Wildman–Crippen LogP) is 2.56. The maximum Gasteiger partial charge on any atom is 0.248 e. The van der Waals surface area contributed by atoms with Crippen molar-refractivity contribution in [2.75, 3.05) is 0 Å². The number of nitrogens with zero attached hydrogens (tertiary/aromatic N) is 1. The van der Waals surface area contributed by atoms with Gasteiger partial charge >= 0.3 is 0 Å². The smallest absolute Gasteiger partial charge is 0.248 e. The molecule has 0 radical (unpaired) electrons. The number of nitrogens with one attached hydrogen (secondary N) is 1. The number of aromatic nitrogens is 2. The van der Waals surface area contributed by atoms with E-state index in [4.69, 9.17) is 5.73 Å². The second-order valence-electron chi connectivity index (χ2n) is 4.96. The van der Waals surface area contributed by atoms with Crippen molar-refractivity contribution < 1.29 is 4.79 Å². The van der Waals surface area contributed by atoms with Crippen molar-refractivity contribution in [3.05, 3.63) is 64.8 Å². The number of benzene rings is 2. The highest BCUT2D eigenvalue weighted by atomic mass is 16.1. The van der Waals surface area contributed by atoms with Gasteiger partial charge in [0.1, 0.15) is 0 Å². The molecule has 100 valence electrons. The number of aryl methyl sites for hydroxylation is 1. The van der Waals surface area contributed by atoms with Crippen LogP contribution in [-0.2, 0) is 6.42 Å². The van der Waals surface area contributed by atoms with E-state index in [0.29, 0.717) is 5.56 Å². The maximum absolute atomic E-state index is 11.3. The van der Waals surface area contributed by atoms with E-state index in [2.05, 4.69) is 35.3 Å². The highest BCUT2D eigenvalue weighted by molar-refractivity contribution is 5.97. The fraction of sp³-hybridized carbons (Fsp3) is 0.125. The minimum absolute atomic E-state index is 0.422. The summed E-state index contributed by atoms with van der Waals surface area (Å²) in [6.07, 6.45) is 0.750. The Bertz CT molecular complexity index is 789. The van der Waals surface area contributed by atoms with E-state index in [1.807, 2.05) is 12.1 Å². The van der Waals surface area contributed by atoms with Gasteiger partial charge in [0.15, 0.2) is 0 Å². The molecule has 0 atom stereocenters. The molecule has 0 aliphatic heterocycles. The molecular formula is C16H15N3O. The Balaban J connectivity index is 2.03. The molecule has 3 N–H and O–H groups in total. The van der Waals surface area contributed by atoms with Gasteiger partial charge in [0.2, 0.25) is 5.91 Å². The van der Waals surface area contributed by atoms with Crippen molar-refractivity contribution in [3.63, 3.8) is 0 Å². The largest absolute Gasteiger partial charge is 0.366 e. The summed E-state index contributed by atoms with van der Waals surface area (Å²) in [6, 6.07) is 13.6. The van der Waals surface area contributed by atoms with Crippen molar-refractivity contribution in [3.8, 4) is 0 Å². The summed E-state index contributed by atoms with van der Waals surface area (Å²) in [4.78, 5) is 11.3. The van der Waals surface area contributed by atoms with Crippen molar-refractivity contribution in [1.29, 1.82) is 0 Å². The van der Waals surface area contributed by atoms with E-state index < -0.39 is 5.91 Å². The third-order valence-corrected chi connectivity index (χ3v) is 3.38. The summed E-state index contributed by atoms with van der Waals surface area (Å²) in [5.74, 6) is -0.422. The van der Waals surface area contributed by atoms with Gasteiger partial charge in [-0.2, -0.15) is 5.10 Å². The fourth-order valence-electron chi connectivity index (χ4n) is 2.38. The number of aromatic amines is 1. The van der Waals surface area contributed by atoms with Crippen LogP contribution in [0.25, 0.3) is 10.9 Å². The normalized spacial score (nSPS) is 10.8. The molecule has 0 saturated carbocycles. The average molecular weight is 265 g/mol. The third-order valence-electron chi connectivity index (χ3n) is 3.38. The Labute approximate surface area is 116 Å². The Morgan fingerprint density at radius 1 is 1.25 bits per heavy atom. The summed E-state index contributed by atoms with van der Waals surface area (Å²) in [5, 5.41) is 8.25. The van der Waals surface area contributed by atoms with Crippen LogP contribution >= 0.6 is 0 Å². The highest BCUT2D eigenvalue weighted by Crippen LogP contribution is 2.20. The zero-order valence-corrected chi connectivity index (χ0v) is 11.2. The summed E-state index contributed by atoms with van der Waals surface area (Å²) >= 11 is 0. The van der Waals surface area contributed by atoms with Gasteiger partial charge in [-0.05, 0) is 30.7 Å². The number of nitrogens with two attached hydrogens (primary N) is 1. The monoisotopic (exact) mass is 265 g/mol. The van der Waals surface area contributed by atoms with Gasteiger partial charge in [-0.1, -0.05) is 29.8 Å². The molecular weight excluding hydrogens is 250 g/mol. The van der Waals surface area contributed by atoms with Crippen LogP contribution in [0, 0.1) is 6.92 Å². The van der Waals surface area contributed by atoms with Crippen LogP contribution in [0.5, 0.6) is 0 Å². The number of fused-ring (bicyclic) bond motifs is 1. The summed E-state index contributed by atoms with van der Waals surface area (Å²) in [5.41, 5.74) is 10.1. The second-order valence-corrected chi connectivity index (χ2v) is 4.96. The van der Waals surface area contributed by atoms with E-state index in [9.17, 15) is 4.79 Å². The topological polar surface area (TPSA) is 71.8 Å². The lowest BCUT2D eigenvalue weighted by molar-refractivity contribution is 0.100. The number of amides is 1. The first-order chi connectivity index (χ1) is 9.63. The SMILES string of the molecule is Cc1cccc(Cc2[nH]nc3ccc(C(N)=O)cc23)c1. The minimum Gasteiger partial charge on any atom is -0.366 e. The Morgan fingerprint density at radius 2 is 2.10 bits per heavy atom. The molecule has 0 fully saturated rings. The zero-order chi connectivity index (χ0) is 14.1. The zero-order valence-electron chi connectivity index (χ0n) is 11.2. The lowest BCUT2D eigenvalue weighted by Gasteiger charge is -2.02. The fourth-order valence-corrected chi connectivity index (χ4v) is 2.38. The van der Waals surface area contributed by atoms with Gasteiger partial charge in [-0.3, -0.25) is 9.89 Å². The van der Waals surface area contributed by atoms with Crippen molar-refractivity contribution in [1.82, 2.24) is 10.2 Å². The number of rotatable bonds is 3. The molecule has 2 aromatic carbocycles. The number of carbonyl (C=O) groups is 1. The van der Waals surface area contributed by atoms with Crippen LogP contribution in [0.2, 0.25) is 0 Å². The minimum atomic E-state index is -0.422. The van der Waals surface area contributed by atoms with E-state index in [0.717, 1.165) is 23.0 Å². The molecule has 0 bridgehead atoms. The predicted molar refractivity (Wildman–Crippen MR) is 78.6 cm³/mol. The van der Waals surface area contributed by atoms with E-state index in [1.165, 1.54) is 11.1 Å². The molecule has 0 saturated heterocycles. The van der Waals surface area contributed by atoms with Crippen LogP contribution in [0.15, 0.2) is 42.5 Å². The lowest BCUT2D eigenvalue weighted by Crippen LogP contribution is -2.10. The molecule has 4 heteroatoms. The first-order valence-electron chi connectivity index (χ1n) is 6.46. The number of primary amides is 1. The summed E-state index contributed by atoms with van der Waals surface area (Å²) < 4.78 is 0. The van der Waals surface area contributed by atoms with Gasteiger partial charge in [-0.15, -0.1) is 0 Å². The first-order valence-corrected chi connectivity index (χ1v) is 6.46. The van der Waals surface area contributed by atoms with Gasteiger partial charge in [-0.25, -0.2) is 0 Å². The molecule has 1 aromatic heterocycles. The van der Waals surface area contributed by atoms with Crippen LogP contribution in [-0.4, -0.2) is 16.1 Å². The summed E-state index contributed by atoms with van der Waals surface area (Å²) in [6.45, 7) is 2.07. The summed E-state index contributed by atoms with van der Waals surface area (Å²) in [7, 11) is 0. The number of hydrogen-bond donors (Lipinski definition) is 2. The van der Waals surface area contributed by atoms with Crippen LogP contribution in [0.3, 0.4) is 0 Å². The molecule has 0 aliphatic rings. The number of carbonyl (C=O) groups excluding carboxylic acids is 1. The standard InChI is InChI=1S/C16H15N3O/c1-10-3-2-4-11(7-10)8-15-13-9-12(16(17)20)5-6-14(13)18-19-15/h2-7,9H,8H2,1H3,(H2,17,20)(H,18,19). The van der Waals surface area contributed by atoms with Gasteiger partial charge < -0.3 is 5.73 Å². The average Bonchev–Trinajstić information content (AvgIpc) is 2.81. The molecule has 0 spiro atoms. The molecule has 0 aliphatic carbocycles. The molecule has 1 amide bonds. The van der Waals surface area contributed by atoms with E-state index >= 15 is 0 Å². The molecule has 3 aromatic rings. The van der Waals surface area contributed by atoms with Crippen LogP contribution in [0.4, 0.5) is 0 Å². The highest BCUT2D eigenvalue weighted by Gasteiger charge is 2.09. The third kappa shape index (κ3) is 2.28. The quantitative estimate of drug-likeness (QED) is 0.764. The molecule has 4 nitrogen and oxygen atoms in total. The van der Waals surface area contributed by atoms with Crippen molar-refractivity contribution in [2.45, 2.75) is 13.3 Å². The number of hydrogen-bond acceptors (Lipinski definition) is 2. The van der Waals surface area contributed by atoms with E-state index in [1.54, 1.807) is 12.1 Å². The Hall–Kier alpha value is -2.62. The maximum atomic E-state index is 11.3. The Morgan fingerprint density at radius 3 is 2.85 bits per heavy atom. The first kappa shape index (κ1) is 12.4. The van der Waals surface area contributed by atoms with Crippen LogP contribution < -0.4 is 5.73 Å². The van der Waals surface area contributed by atoms with Gasteiger partial charge in [0, 0.05) is 23.1 Å². The molecule has 3 rings (SSSR count).